The number of nitrogen functional groups attached to an aromatic ring is 1. The maximum atomic E-state index is 6.21. The Labute approximate surface area is 167 Å². The van der Waals surface area contributed by atoms with E-state index in [0.29, 0.717) is 5.92 Å². The zero-order valence-corrected chi connectivity index (χ0v) is 16.3. The van der Waals surface area contributed by atoms with Gasteiger partial charge < -0.3 is 5.73 Å². The van der Waals surface area contributed by atoms with Gasteiger partial charge in [-0.15, -0.1) is 0 Å². The molecule has 1 unspecified atom stereocenters. The molecule has 1 atom stereocenters. The van der Waals surface area contributed by atoms with Crippen LogP contribution in [-0.2, 0) is 12.8 Å². The normalized spacial score (nSPS) is 16.4. The van der Waals surface area contributed by atoms with Crippen LogP contribution in [0.2, 0.25) is 0 Å². The largest absolute Gasteiger partial charge is 0.398 e. The highest BCUT2D eigenvalue weighted by Gasteiger charge is 2.22. The highest BCUT2D eigenvalue weighted by atomic mass is 14.5. The SMILES string of the molecule is Nc1cccc2c1ccc1c3c(ccc12)C(CCCc1ccccc1)CCC3. The lowest BCUT2D eigenvalue weighted by atomic mass is 9.78. The Kier molecular flexibility index (Phi) is 4.52. The topological polar surface area (TPSA) is 26.0 Å². The van der Waals surface area contributed by atoms with Crippen molar-refractivity contribution in [2.24, 2.45) is 0 Å². The average Bonchev–Trinajstić information content (AvgIpc) is 2.74. The van der Waals surface area contributed by atoms with E-state index < -0.39 is 0 Å². The summed E-state index contributed by atoms with van der Waals surface area (Å²) in [5.41, 5.74) is 11.7. The van der Waals surface area contributed by atoms with Gasteiger partial charge in [0.25, 0.3) is 0 Å². The lowest BCUT2D eigenvalue weighted by Crippen LogP contribution is -2.11. The molecule has 0 saturated heterocycles. The summed E-state index contributed by atoms with van der Waals surface area (Å²) in [6.45, 7) is 0. The third-order valence-electron chi connectivity index (χ3n) is 6.52. The summed E-state index contributed by atoms with van der Waals surface area (Å²) < 4.78 is 0. The molecule has 0 radical (unpaired) electrons. The van der Waals surface area contributed by atoms with Crippen molar-refractivity contribution in [2.75, 3.05) is 5.73 Å². The Morgan fingerprint density at radius 3 is 2.43 bits per heavy atom. The summed E-state index contributed by atoms with van der Waals surface area (Å²) in [6, 6.07) is 26.4. The van der Waals surface area contributed by atoms with Crippen LogP contribution < -0.4 is 5.73 Å². The minimum absolute atomic E-state index is 0.702. The highest BCUT2D eigenvalue weighted by Crippen LogP contribution is 2.40. The van der Waals surface area contributed by atoms with E-state index in [0.717, 1.165) is 5.69 Å². The summed E-state index contributed by atoms with van der Waals surface area (Å²) >= 11 is 0. The second-order valence-corrected chi connectivity index (χ2v) is 8.20. The first-order chi connectivity index (χ1) is 13.8. The van der Waals surface area contributed by atoms with Crippen LogP contribution in [0.15, 0.2) is 72.8 Å². The zero-order valence-electron chi connectivity index (χ0n) is 16.3. The van der Waals surface area contributed by atoms with Crippen molar-refractivity contribution in [3.8, 4) is 0 Å². The number of benzene rings is 4. The van der Waals surface area contributed by atoms with Crippen molar-refractivity contribution in [3.63, 3.8) is 0 Å². The van der Waals surface area contributed by atoms with Crippen LogP contribution in [0, 0.1) is 0 Å². The van der Waals surface area contributed by atoms with Gasteiger partial charge in [0.2, 0.25) is 0 Å². The number of aryl methyl sites for hydroxylation is 2. The Morgan fingerprint density at radius 2 is 1.54 bits per heavy atom. The summed E-state index contributed by atoms with van der Waals surface area (Å²) in [5, 5.41) is 5.24. The Balaban J connectivity index is 1.47. The molecule has 4 aromatic rings. The van der Waals surface area contributed by atoms with Gasteiger partial charge in [0.1, 0.15) is 0 Å². The molecule has 0 aliphatic heterocycles. The first-order valence-corrected chi connectivity index (χ1v) is 10.6. The maximum Gasteiger partial charge on any atom is 0.0393 e. The zero-order chi connectivity index (χ0) is 18.9. The summed E-state index contributed by atoms with van der Waals surface area (Å²) in [6.07, 6.45) is 7.57. The van der Waals surface area contributed by atoms with Crippen LogP contribution >= 0.6 is 0 Å². The molecule has 0 bridgehead atoms. The Hall–Kier alpha value is -2.80. The molecule has 1 aliphatic carbocycles. The van der Waals surface area contributed by atoms with Crippen LogP contribution in [-0.4, -0.2) is 0 Å². The van der Waals surface area contributed by atoms with Gasteiger partial charge in [-0.2, -0.15) is 0 Å². The molecule has 2 N–H and O–H groups in total. The second-order valence-electron chi connectivity index (χ2n) is 8.20. The van der Waals surface area contributed by atoms with Crippen molar-refractivity contribution in [3.05, 3.63) is 89.5 Å². The lowest BCUT2D eigenvalue weighted by Gasteiger charge is -2.27. The molecule has 0 fully saturated rings. The highest BCUT2D eigenvalue weighted by molar-refractivity contribution is 6.12. The van der Waals surface area contributed by atoms with Crippen LogP contribution in [0.5, 0.6) is 0 Å². The smallest absolute Gasteiger partial charge is 0.0393 e. The molecular weight excluding hydrogens is 338 g/mol. The van der Waals surface area contributed by atoms with Gasteiger partial charge >= 0.3 is 0 Å². The molecule has 1 aliphatic rings. The molecule has 0 heterocycles. The van der Waals surface area contributed by atoms with Crippen LogP contribution in [0.25, 0.3) is 21.5 Å². The van der Waals surface area contributed by atoms with Gasteiger partial charge in [-0.25, -0.2) is 0 Å². The van der Waals surface area contributed by atoms with E-state index in [1.54, 1.807) is 11.1 Å². The van der Waals surface area contributed by atoms with E-state index >= 15 is 0 Å². The molecule has 5 rings (SSSR count). The fourth-order valence-corrected chi connectivity index (χ4v) is 5.12. The first kappa shape index (κ1) is 17.3. The molecule has 4 aromatic carbocycles. The van der Waals surface area contributed by atoms with Crippen molar-refractivity contribution in [1.82, 2.24) is 0 Å². The van der Waals surface area contributed by atoms with E-state index in [9.17, 15) is 0 Å². The number of hydrogen-bond acceptors (Lipinski definition) is 1. The predicted molar refractivity (Wildman–Crippen MR) is 121 cm³/mol. The molecule has 0 spiro atoms. The van der Waals surface area contributed by atoms with Gasteiger partial charge in [0.05, 0.1) is 0 Å². The number of hydrogen-bond donors (Lipinski definition) is 1. The third kappa shape index (κ3) is 3.05. The van der Waals surface area contributed by atoms with Gasteiger partial charge in [-0.3, -0.25) is 0 Å². The fraction of sp³-hybridized carbons (Fsp3) is 0.259. The van der Waals surface area contributed by atoms with E-state index in [1.807, 2.05) is 6.07 Å². The Morgan fingerprint density at radius 1 is 0.750 bits per heavy atom. The van der Waals surface area contributed by atoms with E-state index in [-0.39, 0.29) is 0 Å². The first-order valence-electron chi connectivity index (χ1n) is 10.6. The number of fused-ring (bicyclic) bond motifs is 5. The molecule has 0 aromatic heterocycles. The monoisotopic (exact) mass is 365 g/mol. The minimum Gasteiger partial charge on any atom is -0.398 e. The molecule has 1 heteroatoms. The summed E-state index contributed by atoms with van der Waals surface area (Å²) in [7, 11) is 0. The molecular formula is C27H27N. The van der Waals surface area contributed by atoms with Gasteiger partial charge in [0.15, 0.2) is 0 Å². The molecule has 28 heavy (non-hydrogen) atoms. The van der Waals surface area contributed by atoms with Crippen molar-refractivity contribution in [2.45, 2.75) is 44.4 Å². The third-order valence-corrected chi connectivity index (χ3v) is 6.52. The van der Waals surface area contributed by atoms with E-state index in [2.05, 4.69) is 66.7 Å². The van der Waals surface area contributed by atoms with E-state index in [4.69, 9.17) is 5.73 Å². The van der Waals surface area contributed by atoms with Gasteiger partial charge in [0, 0.05) is 11.1 Å². The van der Waals surface area contributed by atoms with Crippen LogP contribution in [0.4, 0.5) is 5.69 Å². The molecule has 0 amide bonds. The molecule has 0 saturated carbocycles. The summed E-state index contributed by atoms with van der Waals surface area (Å²) in [5.74, 6) is 0.702. The quantitative estimate of drug-likeness (QED) is 0.305. The lowest BCUT2D eigenvalue weighted by molar-refractivity contribution is 0.506. The predicted octanol–water partition coefficient (Wildman–Crippen LogP) is 7.02. The fourth-order valence-electron chi connectivity index (χ4n) is 5.12. The van der Waals surface area contributed by atoms with E-state index in [1.165, 1.54) is 65.6 Å². The number of anilines is 1. The minimum atomic E-state index is 0.702. The second kappa shape index (κ2) is 7.31. The Bertz CT molecular complexity index is 1130. The molecule has 140 valence electrons. The van der Waals surface area contributed by atoms with Crippen LogP contribution in [0.1, 0.15) is 48.3 Å². The van der Waals surface area contributed by atoms with Crippen LogP contribution in [0.3, 0.4) is 0 Å². The maximum absolute atomic E-state index is 6.21. The van der Waals surface area contributed by atoms with Gasteiger partial charge in [-0.1, -0.05) is 66.7 Å². The summed E-state index contributed by atoms with van der Waals surface area (Å²) in [4.78, 5) is 0. The molecule has 1 nitrogen and oxygen atoms in total. The van der Waals surface area contributed by atoms with Gasteiger partial charge in [-0.05, 0) is 83.4 Å². The average molecular weight is 366 g/mol. The van der Waals surface area contributed by atoms with Crippen molar-refractivity contribution < 1.29 is 0 Å². The number of rotatable bonds is 4. The van der Waals surface area contributed by atoms with Crippen molar-refractivity contribution in [1.29, 1.82) is 0 Å². The standard InChI is InChI=1S/C27H27N/c28-27-14-6-13-23-25-16-15-21-20(10-4-9-19-7-2-1-3-8-19)11-5-12-22(21)24(25)17-18-26(23)27/h1-3,6-8,13-18,20H,4-5,9-12,28H2. The number of nitrogens with two attached hydrogens (primary N) is 1. The van der Waals surface area contributed by atoms with Crippen molar-refractivity contribution >= 4 is 27.2 Å².